The summed E-state index contributed by atoms with van der Waals surface area (Å²) in [6.45, 7) is 4.61. The zero-order valence-corrected chi connectivity index (χ0v) is 31.7. The fourth-order valence-electron chi connectivity index (χ4n) is 9.15. The van der Waals surface area contributed by atoms with Gasteiger partial charge in [0.25, 0.3) is 0 Å². The van der Waals surface area contributed by atoms with Gasteiger partial charge in [-0.2, -0.15) is 0 Å². The van der Waals surface area contributed by atoms with Gasteiger partial charge < -0.3 is 0 Å². The van der Waals surface area contributed by atoms with E-state index < -0.39 is 0 Å². The van der Waals surface area contributed by atoms with Gasteiger partial charge in [0, 0.05) is 22.1 Å². The fourth-order valence-corrected chi connectivity index (χ4v) is 9.15. The van der Waals surface area contributed by atoms with E-state index >= 15 is 0 Å². The van der Waals surface area contributed by atoms with Crippen molar-refractivity contribution in [2.75, 3.05) is 0 Å². The van der Waals surface area contributed by atoms with E-state index in [1.165, 1.54) is 65.7 Å². The van der Waals surface area contributed by atoms with E-state index in [1.807, 2.05) is 18.2 Å². The molecule has 0 unspecified atom stereocenters. The van der Waals surface area contributed by atoms with Crippen molar-refractivity contribution in [2.45, 2.75) is 19.3 Å². The molecule has 0 spiro atoms. The number of rotatable bonds is 5. The van der Waals surface area contributed by atoms with Crippen LogP contribution in [0.25, 0.3) is 99.9 Å². The molecule has 11 rings (SSSR count). The molecule has 57 heavy (non-hydrogen) atoms. The molecule has 268 valence electrons. The summed E-state index contributed by atoms with van der Waals surface area (Å²) in [5, 5.41) is 7.60. The van der Waals surface area contributed by atoms with Gasteiger partial charge in [-0.1, -0.05) is 196 Å². The Morgan fingerprint density at radius 1 is 0.333 bits per heavy atom. The summed E-state index contributed by atoms with van der Waals surface area (Å²) in [6.07, 6.45) is 0. The average molecular weight is 728 g/mol. The first kappa shape index (κ1) is 33.1. The van der Waals surface area contributed by atoms with Crippen LogP contribution in [0.5, 0.6) is 0 Å². The van der Waals surface area contributed by atoms with Gasteiger partial charge in [-0.05, 0) is 82.9 Å². The molecule has 10 aromatic rings. The molecule has 0 radical (unpaired) electrons. The molecule has 3 nitrogen and oxygen atoms in total. The lowest BCUT2D eigenvalue weighted by Gasteiger charge is -2.24. The van der Waals surface area contributed by atoms with Crippen LogP contribution in [-0.2, 0) is 5.41 Å². The summed E-state index contributed by atoms with van der Waals surface area (Å²) in [4.78, 5) is 15.4. The van der Waals surface area contributed by atoms with Crippen LogP contribution in [0.3, 0.4) is 0 Å². The van der Waals surface area contributed by atoms with Crippen LogP contribution < -0.4 is 0 Å². The second-order valence-electron chi connectivity index (χ2n) is 15.6. The van der Waals surface area contributed by atoms with Crippen molar-refractivity contribution < 1.29 is 0 Å². The van der Waals surface area contributed by atoms with Crippen molar-refractivity contribution in [2.24, 2.45) is 0 Å². The van der Waals surface area contributed by atoms with Crippen LogP contribution in [0.15, 0.2) is 188 Å². The average Bonchev–Trinajstić information content (AvgIpc) is 3.51. The van der Waals surface area contributed by atoms with E-state index in [9.17, 15) is 0 Å². The maximum absolute atomic E-state index is 5.20. The van der Waals surface area contributed by atoms with Crippen molar-refractivity contribution in [1.29, 1.82) is 0 Å². The minimum Gasteiger partial charge on any atom is -0.208 e. The third kappa shape index (κ3) is 5.38. The molecule has 0 bridgehead atoms. The minimum absolute atomic E-state index is 0.200. The Morgan fingerprint density at radius 2 is 0.877 bits per heavy atom. The van der Waals surface area contributed by atoms with Crippen molar-refractivity contribution in [3.8, 4) is 67.5 Å². The monoisotopic (exact) mass is 727 g/mol. The maximum atomic E-state index is 5.20. The van der Waals surface area contributed by atoms with Gasteiger partial charge in [0.2, 0.25) is 0 Å². The molecule has 0 saturated carbocycles. The summed E-state index contributed by atoms with van der Waals surface area (Å²) < 4.78 is 0. The number of hydrogen-bond donors (Lipinski definition) is 0. The molecule has 0 saturated heterocycles. The summed E-state index contributed by atoms with van der Waals surface area (Å²) in [5.74, 6) is 2.00. The molecule has 0 fully saturated rings. The summed E-state index contributed by atoms with van der Waals surface area (Å²) >= 11 is 0. The zero-order chi connectivity index (χ0) is 38.1. The summed E-state index contributed by atoms with van der Waals surface area (Å²) in [6, 6.07) is 67.4. The largest absolute Gasteiger partial charge is 0.208 e. The van der Waals surface area contributed by atoms with Gasteiger partial charge in [0.1, 0.15) is 0 Å². The second kappa shape index (κ2) is 12.9. The van der Waals surface area contributed by atoms with Crippen molar-refractivity contribution in [3.63, 3.8) is 0 Å². The van der Waals surface area contributed by atoms with E-state index in [0.29, 0.717) is 17.5 Å². The van der Waals surface area contributed by atoms with Gasteiger partial charge in [-0.15, -0.1) is 0 Å². The first-order chi connectivity index (χ1) is 28.0. The number of hydrogen-bond acceptors (Lipinski definition) is 3. The van der Waals surface area contributed by atoms with Crippen LogP contribution in [0, 0.1) is 0 Å². The topological polar surface area (TPSA) is 38.7 Å². The van der Waals surface area contributed by atoms with Crippen LogP contribution in [0.1, 0.15) is 25.0 Å². The zero-order valence-electron chi connectivity index (χ0n) is 31.7. The molecular formula is C54H37N3. The lowest BCUT2D eigenvalue weighted by atomic mass is 9.80. The van der Waals surface area contributed by atoms with Crippen LogP contribution >= 0.6 is 0 Å². The second-order valence-corrected chi connectivity index (χ2v) is 15.6. The highest BCUT2D eigenvalue weighted by Gasteiger charge is 2.38. The Balaban J connectivity index is 0.983. The van der Waals surface area contributed by atoms with E-state index in [4.69, 9.17) is 15.0 Å². The highest BCUT2D eigenvalue weighted by molar-refractivity contribution is 6.20. The SMILES string of the molecule is CC1(C)c2ccccc2-c2cccc(-c3nc(-c4ccccc4)nc(-c4ccc(-c5ccc(-c6c7ccccc7cc7c6ccc6ccccc67)cc5)cc4)n3)c21. The normalized spacial score (nSPS) is 12.9. The molecule has 0 atom stereocenters. The molecule has 0 N–H and O–H groups in total. The van der Waals surface area contributed by atoms with Crippen LogP contribution in [0.4, 0.5) is 0 Å². The van der Waals surface area contributed by atoms with E-state index in [-0.39, 0.29) is 5.41 Å². The first-order valence-corrected chi connectivity index (χ1v) is 19.6. The predicted molar refractivity (Wildman–Crippen MR) is 237 cm³/mol. The number of aromatic nitrogens is 3. The molecule has 0 aliphatic heterocycles. The molecular weight excluding hydrogens is 691 g/mol. The van der Waals surface area contributed by atoms with Gasteiger partial charge in [0.15, 0.2) is 17.5 Å². The summed E-state index contributed by atoms with van der Waals surface area (Å²) in [5.41, 5.74) is 12.6. The lowest BCUT2D eigenvalue weighted by Crippen LogP contribution is -2.17. The van der Waals surface area contributed by atoms with E-state index in [0.717, 1.165) is 27.8 Å². The molecule has 1 aromatic heterocycles. The van der Waals surface area contributed by atoms with Gasteiger partial charge in [-0.25, -0.2) is 15.0 Å². The third-order valence-electron chi connectivity index (χ3n) is 11.9. The van der Waals surface area contributed by atoms with Crippen molar-refractivity contribution in [3.05, 3.63) is 199 Å². The highest BCUT2D eigenvalue weighted by Crippen LogP contribution is 2.51. The van der Waals surface area contributed by atoms with Crippen LogP contribution in [-0.4, -0.2) is 15.0 Å². The Hall–Kier alpha value is -7.23. The Kier molecular flexibility index (Phi) is 7.52. The van der Waals surface area contributed by atoms with Gasteiger partial charge in [0.05, 0.1) is 0 Å². The fraction of sp³-hybridized carbons (Fsp3) is 0.0556. The molecule has 1 aliphatic rings. The predicted octanol–water partition coefficient (Wildman–Crippen LogP) is 14.0. The Morgan fingerprint density at radius 3 is 1.63 bits per heavy atom. The van der Waals surface area contributed by atoms with Crippen molar-refractivity contribution >= 4 is 32.3 Å². The summed E-state index contributed by atoms with van der Waals surface area (Å²) in [7, 11) is 0. The quantitative estimate of drug-likeness (QED) is 0.131. The standard InChI is InChI=1S/C54H37N3/c1-54(2)48-22-11-10-19-43(48)45-20-12-21-46(50(45)54)53-56-51(38-14-4-3-5-15-38)55-52(57-53)39-29-25-35(26-30-39)34-23-27-37(28-24-34)49-42-18-9-7-16-40(42)33-47-41-17-8-6-13-36(41)31-32-44(47)49/h3-33H,1-2H3. The molecule has 3 heteroatoms. The van der Waals surface area contributed by atoms with Crippen LogP contribution in [0.2, 0.25) is 0 Å². The van der Waals surface area contributed by atoms with E-state index in [2.05, 4.69) is 184 Å². The number of nitrogens with zero attached hydrogens (tertiary/aromatic N) is 3. The van der Waals surface area contributed by atoms with Gasteiger partial charge >= 0.3 is 0 Å². The number of benzene rings is 9. The molecule has 1 heterocycles. The minimum atomic E-state index is -0.200. The Labute approximate surface area is 332 Å². The smallest absolute Gasteiger partial charge is 0.164 e. The van der Waals surface area contributed by atoms with Crippen molar-refractivity contribution in [1.82, 2.24) is 15.0 Å². The third-order valence-corrected chi connectivity index (χ3v) is 11.9. The van der Waals surface area contributed by atoms with E-state index in [1.54, 1.807) is 0 Å². The number of fused-ring (bicyclic) bond motifs is 7. The lowest BCUT2D eigenvalue weighted by molar-refractivity contribution is 0.661. The molecule has 0 amide bonds. The highest BCUT2D eigenvalue weighted by atomic mass is 15.0. The van der Waals surface area contributed by atoms with Gasteiger partial charge in [-0.3, -0.25) is 0 Å². The Bertz CT molecular complexity index is 3180. The molecule has 9 aromatic carbocycles. The first-order valence-electron chi connectivity index (χ1n) is 19.6. The maximum Gasteiger partial charge on any atom is 0.164 e. The molecule has 1 aliphatic carbocycles.